The van der Waals surface area contributed by atoms with Crippen molar-refractivity contribution >= 4 is 12.2 Å². The molecule has 0 aliphatic heterocycles. The molecule has 3 aromatic carbocycles. The van der Waals surface area contributed by atoms with E-state index in [2.05, 4.69) is 79.1 Å². The number of aromatic nitrogens is 1. The summed E-state index contributed by atoms with van der Waals surface area (Å²) in [5, 5.41) is 0. The van der Waals surface area contributed by atoms with Crippen LogP contribution >= 0.6 is 0 Å². The molecule has 33 heavy (non-hydrogen) atoms. The summed E-state index contributed by atoms with van der Waals surface area (Å²) in [6.45, 7) is 7.19. The summed E-state index contributed by atoms with van der Waals surface area (Å²) >= 11 is 0. The Morgan fingerprint density at radius 2 is 1.30 bits per heavy atom. The lowest BCUT2D eigenvalue weighted by Crippen LogP contribution is -2.04. The van der Waals surface area contributed by atoms with Gasteiger partial charge in [-0.25, -0.2) is 0 Å². The molecule has 1 heterocycles. The van der Waals surface area contributed by atoms with E-state index >= 15 is 0 Å². The van der Waals surface area contributed by atoms with Crippen molar-refractivity contribution in [1.82, 2.24) is 4.57 Å². The maximum absolute atomic E-state index is 10.3. The van der Waals surface area contributed by atoms with Gasteiger partial charge < -0.3 is 15.0 Å². The van der Waals surface area contributed by atoms with Crippen molar-refractivity contribution in [3.63, 3.8) is 0 Å². The minimum Gasteiger partial charge on any atom is -0.468 e. The highest BCUT2D eigenvalue weighted by Crippen LogP contribution is 2.28. The Morgan fingerprint density at radius 3 is 1.85 bits per heavy atom. The Bertz CT molecular complexity index is 1120. The molecule has 4 nitrogen and oxygen atoms in total. The van der Waals surface area contributed by atoms with Gasteiger partial charge in [0.15, 0.2) is 0 Å². The molecule has 0 atom stereocenters. The van der Waals surface area contributed by atoms with Crippen LogP contribution in [0.5, 0.6) is 0 Å². The number of nitrogens with two attached hydrogens (primary N) is 1. The highest BCUT2D eigenvalue weighted by atomic mass is 16.5. The minimum absolute atomic E-state index is 0.447. The Labute approximate surface area is 196 Å². The van der Waals surface area contributed by atoms with Crippen molar-refractivity contribution in [2.45, 2.75) is 33.6 Å². The molecular formula is C29H32N2O2. The van der Waals surface area contributed by atoms with Crippen LogP contribution in [0.4, 0.5) is 5.69 Å². The average Bonchev–Trinajstić information content (AvgIpc) is 3.24. The fourth-order valence-electron chi connectivity index (χ4n) is 3.57. The van der Waals surface area contributed by atoms with Gasteiger partial charge in [-0.15, -0.1) is 0 Å². The molecule has 170 valence electrons. The fraction of sp³-hybridized carbons (Fsp3) is 0.207. The zero-order valence-corrected chi connectivity index (χ0v) is 19.6. The summed E-state index contributed by atoms with van der Waals surface area (Å²) < 4.78 is 7.13. The van der Waals surface area contributed by atoms with Gasteiger partial charge in [-0.05, 0) is 75.6 Å². The Kier molecular flexibility index (Phi) is 8.48. The van der Waals surface area contributed by atoms with Crippen molar-refractivity contribution in [3.8, 4) is 16.9 Å². The SMILES string of the molecule is Cc1ccc(-c2ccc(CCCOC=O)n2-c2ccc(C)cc2)cc1.Cc1ccc(N)cc1. The lowest BCUT2D eigenvalue weighted by molar-refractivity contribution is -0.128. The summed E-state index contributed by atoms with van der Waals surface area (Å²) in [4.78, 5) is 10.3. The summed E-state index contributed by atoms with van der Waals surface area (Å²) in [6, 6.07) is 29.3. The molecule has 0 fully saturated rings. The molecule has 0 spiro atoms. The van der Waals surface area contributed by atoms with Crippen molar-refractivity contribution in [2.75, 3.05) is 12.3 Å². The zero-order chi connectivity index (χ0) is 23.6. The minimum atomic E-state index is 0.447. The molecule has 0 saturated carbocycles. The van der Waals surface area contributed by atoms with E-state index in [0.717, 1.165) is 24.2 Å². The molecule has 4 aromatic rings. The van der Waals surface area contributed by atoms with Gasteiger partial charge in [0.2, 0.25) is 0 Å². The summed E-state index contributed by atoms with van der Waals surface area (Å²) in [7, 11) is 0. The maximum atomic E-state index is 10.3. The lowest BCUT2D eigenvalue weighted by atomic mass is 10.1. The first-order valence-electron chi connectivity index (χ1n) is 11.2. The Morgan fingerprint density at radius 1 is 0.758 bits per heavy atom. The smallest absolute Gasteiger partial charge is 0.293 e. The number of carbonyl (C=O) groups excluding carboxylic acids is 1. The van der Waals surface area contributed by atoms with Gasteiger partial charge in [0.25, 0.3) is 6.47 Å². The summed E-state index contributed by atoms with van der Waals surface area (Å²) in [5.74, 6) is 0. The number of carbonyl (C=O) groups is 1. The van der Waals surface area contributed by atoms with Crippen LogP contribution in [0.3, 0.4) is 0 Å². The first-order chi connectivity index (χ1) is 16.0. The number of rotatable bonds is 7. The van der Waals surface area contributed by atoms with Crippen LogP contribution in [0.15, 0.2) is 84.9 Å². The quantitative estimate of drug-likeness (QED) is 0.204. The monoisotopic (exact) mass is 440 g/mol. The number of hydrogen-bond donors (Lipinski definition) is 1. The number of nitrogen functional groups attached to an aromatic ring is 1. The number of ether oxygens (including phenoxy) is 1. The Hall–Kier alpha value is -3.79. The third-order valence-electron chi connectivity index (χ3n) is 5.44. The second-order valence-corrected chi connectivity index (χ2v) is 8.23. The molecule has 0 aliphatic carbocycles. The highest BCUT2D eigenvalue weighted by molar-refractivity contribution is 5.64. The zero-order valence-electron chi connectivity index (χ0n) is 19.6. The van der Waals surface area contributed by atoms with Gasteiger partial charge in [0.05, 0.1) is 12.3 Å². The van der Waals surface area contributed by atoms with E-state index in [1.54, 1.807) is 0 Å². The van der Waals surface area contributed by atoms with Gasteiger partial charge in [-0.2, -0.15) is 0 Å². The number of benzene rings is 3. The molecule has 0 saturated heterocycles. The van der Waals surface area contributed by atoms with Crippen molar-refractivity contribution in [2.24, 2.45) is 0 Å². The van der Waals surface area contributed by atoms with Crippen LogP contribution in [0.25, 0.3) is 16.9 Å². The van der Waals surface area contributed by atoms with Crippen molar-refractivity contribution < 1.29 is 9.53 Å². The van der Waals surface area contributed by atoms with Crippen LogP contribution < -0.4 is 5.73 Å². The Balaban J connectivity index is 0.000000323. The normalized spacial score (nSPS) is 10.3. The molecule has 0 aliphatic rings. The summed E-state index contributed by atoms with van der Waals surface area (Å²) in [5.41, 5.74) is 14.7. The summed E-state index contributed by atoms with van der Waals surface area (Å²) in [6.07, 6.45) is 1.66. The largest absolute Gasteiger partial charge is 0.468 e. The molecule has 0 unspecified atom stereocenters. The highest BCUT2D eigenvalue weighted by Gasteiger charge is 2.12. The van der Waals surface area contributed by atoms with Crippen molar-refractivity contribution in [3.05, 3.63) is 107 Å². The van der Waals surface area contributed by atoms with Gasteiger partial charge in [0.1, 0.15) is 0 Å². The van der Waals surface area contributed by atoms with Crippen LogP contribution in [0.1, 0.15) is 28.8 Å². The predicted molar refractivity (Wildman–Crippen MR) is 137 cm³/mol. The number of hydrogen-bond acceptors (Lipinski definition) is 3. The molecule has 4 heteroatoms. The van der Waals surface area contributed by atoms with Gasteiger partial charge >= 0.3 is 0 Å². The molecule has 1 aromatic heterocycles. The van der Waals surface area contributed by atoms with Crippen LogP contribution in [0, 0.1) is 20.8 Å². The van der Waals surface area contributed by atoms with Crippen LogP contribution in [-0.2, 0) is 16.0 Å². The maximum Gasteiger partial charge on any atom is 0.293 e. The van der Waals surface area contributed by atoms with Crippen LogP contribution in [-0.4, -0.2) is 17.6 Å². The standard InChI is InChI=1S/C22H23NO2.C7H9N/c1-17-5-9-19(10-6-17)22-14-13-20(4-3-15-25-16-24)23(22)21-11-7-18(2)8-12-21;1-6-2-4-7(8)5-3-6/h5-14,16H,3-4,15H2,1-2H3;2-5H,8H2,1H3. The van der Waals surface area contributed by atoms with E-state index in [-0.39, 0.29) is 0 Å². The predicted octanol–water partition coefficient (Wildman–Crippen LogP) is 6.44. The molecule has 4 rings (SSSR count). The fourth-order valence-corrected chi connectivity index (χ4v) is 3.57. The molecule has 0 amide bonds. The van der Waals surface area contributed by atoms with E-state index in [1.165, 1.54) is 33.6 Å². The molecular weight excluding hydrogens is 408 g/mol. The van der Waals surface area contributed by atoms with E-state index in [9.17, 15) is 4.79 Å². The van der Waals surface area contributed by atoms with E-state index < -0.39 is 0 Å². The second-order valence-electron chi connectivity index (χ2n) is 8.23. The van der Waals surface area contributed by atoms with Gasteiger partial charge in [-0.1, -0.05) is 65.2 Å². The molecule has 2 N–H and O–H groups in total. The van der Waals surface area contributed by atoms with Gasteiger partial charge in [0, 0.05) is 17.1 Å². The van der Waals surface area contributed by atoms with Crippen LogP contribution in [0.2, 0.25) is 0 Å². The molecule has 0 radical (unpaired) electrons. The molecule has 0 bridgehead atoms. The number of aryl methyl sites for hydroxylation is 4. The number of nitrogens with zero attached hydrogens (tertiary/aromatic N) is 1. The third kappa shape index (κ3) is 6.84. The number of anilines is 1. The van der Waals surface area contributed by atoms with E-state index in [4.69, 9.17) is 10.5 Å². The lowest BCUT2D eigenvalue weighted by Gasteiger charge is -2.14. The third-order valence-corrected chi connectivity index (χ3v) is 5.44. The second kappa shape index (κ2) is 11.7. The van der Waals surface area contributed by atoms with Gasteiger partial charge in [-0.3, -0.25) is 4.79 Å². The average molecular weight is 441 g/mol. The van der Waals surface area contributed by atoms with Crippen molar-refractivity contribution in [1.29, 1.82) is 0 Å². The van der Waals surface area contributed by atoms with E-state index in [1.807, 2.05) is 31.2 Å². The first kappa shape index (κ1) is 23.9. The topological polar surface area (TPSA) is 57.2 Å². The van der Waals surface area contributed by atoms with E-state index in [0.29, 0.717) is 13.1 Å². The first-order valence-corrected chi connectivity index (χ1v) is 11.2.